The fraction of sp³-hybridized carbons (Fsp3) is 0. The molecule has 2 aromatic rings. The molecule has 2 aromatic carbocycles. The molecular formula is C14H9Cl2O. The van der Waals surface area contributed by atoms with Gasteiger partial charge in [-0.3, -0.25) is 4.79 Å². The van der Waals surface area contributed by atoms with Gasteiger partial charge in [0.15, 0.2) is 5.78 Å². The molecule has 17 heavy (non-hydrogen) atoms. The zero-order valence-electron chi connectivity index (χ0n) is 8.91. The smallest absolute Gasteiger partial charge is 0.193 e. The number of hydrogen-bond donors (Lipinski definition) is 0. The number of halogens is 2. The summed E-state index contributed by atoms with van der Waals surface area (Å²) in [5.41, 5.74) is 1.91. The largest absolute Gasteiger partial charge is 0.289 e. The van der Waals surface area contributed by atoms with Crippen molar-refractivity contribution in [2.24, 2.45) is 0 Å². The van der Waals surface area contributed by atoms with E-state index in [1.54, 1.807) is 36.4 Å². The lowest BCUT2D eigenvalue weighted by atomic mass is 10.0. The zero-order valence-corrected chi connectivity index (χ0v) is 10.4. The van der Waals surface area contributed by atoms with Gasteiger partial charge >= 0.3 is 0 Å². The van der Waals surface area contributed by atoms with Crippen LogP contribution in [0.3, 0.4) is 0 Å². The number of carbonyl (C=O) groups excluding carboxylic acids is 1. The Morgan fingerprint density at radius 3 is 2.29 bits per heavy atom. The van der Waals surface area contributed by atoms with E-state index in [0.717, 1.165) is 5.56 Å². The molecule has 0 bridgehead atoms. The summed E-state index contributed by atoms with van der Waals surface area (Å²) in [7, 11) is 0. The molecule has 0 spiro atoms. The number of benzene rings is 2. The van der Waals surface area contributed by atoms with Crippen LogP contribution in [-0.4, -0.2) is 5.78 Å². The molecule has 0 aromatic heterocycles. The second kappa shape index (κ2) is 4.91. The highest BCUT2D eigenvalue weighted by atomic mass is 35.5. The maximum atomic E-state index is 12.1. The van der Waals surface area contributed by atoms with Gasteiger partial charge in [-0.15, -0.1) is 0 Å². The Labute approximate surface area is 110 Å². The van der Waals surface area contributed by atoms with Gasteiger partial charge < -0.3 is 0 Å². The molecule has 0 saturated heterocycles. The van der Waals surface area contributed by atoms with E-state index in [9.17, 15) is 4.79 Å². The van der Waals surface area contributed by atoms with Crippen LogP contribution in [0.5, 0.6) is 0 Å². The predicted octanol–water partition coefficient (Wildman–Crippen LogP) is 4.41. The van der Waals surface area contributed by atoms with E-state index < -0.39 is 0 Å². The van der Waals surface area contributed by atoms with Crippen LogP contribution in [0.15, 0.2) is 42.5 Å². The van der Waals surface area contributed by atoms with Crippen LogP contribution in [0.2, 0.25) is 10.0 Å². The minimum Gasteiger partial charge on any atom is -0.289 e. The Bertz CT molecular complexity index is 576. The third kappa shape index (κ3) is 2.68. The molecule has 85 valence electrons. The zero-order chi connectivity index (χ0) is 12.4. The molecule has 3 heteroatoms. The van der Waals surface area contributed by atoms with Crippen molar-refractivity contribution in [3.63, 3.8) is 0 Å². The van der Waals surface area contributed by atoms with E-state index in [0.29, 0.717) is 21.2 Å². The normalized spacial score (nSPS) is 10.3. The van der Waals surface area contributed by atoms with Crippen LogP contribution in [-0.2, 0) is 0 Å². The molecule has 0 aliphatic heterocycles. The lowest BCUT2D eigenvalue weighted by Crippen LogP contribution is -2.01. The van der Waals surface area contributed by atoms with E-state index >= 15 is 0 Å². The average Bonchev–Trinajstić information content (AvgIpc) is 2.32. The quantitative estimate of drug-likeness (QED) is 0.734. The van der Waals surface area contributed by atoms with Gasteiger partial charge in [-0.25, -0.2) is 0 Å². The first-order valence-corrected chi connectivity index (χ1v) is 5.75. The summed E-state index contributed by atoms with van der Waals surface area (Å²) in [6.07, 6.45) is 0. The van der Waals surface area contributed by atoms with Crippen molar-refractivity contribution >= 4 is 29.0 Å². The molecule has 0 N–H and O–H groups in total. The van der Waals surface area contributed by atoms with Gasteiger partial charge in [0.2, 0.25) is 0 Å². The fourth-order valence-corrected chi connectivity index (χ4v) is 1.81. The standard InChI is InChI=1S/C14H9Cl2O/c1-9-3-2-4-10(7-9)14(17)11-5-6-12(15)13(16)8-11/h2-8H,1H2. The van der Waals surface area contributed by atoms with Crippen molar-refractivity contribution in [3.05, 3.63) is 76.1 Å². The lowest BCUT2D eigenvalue weighted by Gasteiger charge is -2.03. The Balaban J connectivity index is 2.40. The van der Waals surface area contributed by atoms with Crippen LogP contribution in [0, 0.1) is 6.92 Å². The number of rotatable bonds is 2. The van der Waals surface area contributed by atoms with Crippen molar-refractivity contribution in [3.8, 4) is 0 Å². The van der Waals surface area contributed by atoms with Crippen LogP contribution >= 0.6 is 23.2 Å². The molecule has 1 radical (unpaired) electrons. The second-order valence-electron chi connectivity index (χ2n) is 3.66. The summed E-state index contributed by atoms with van der Waals surface area (Å²) >= 11 is 11.7. The van der Waals surface area contributed by atoms with Gasteiger partial charge in [0.05, 0.1) is 10.0 Å². The van der Waals surface area contributed by atoms with Crippen molar-refractivity contribution in [1.29, 1.82) is 0 Å². The molecule has 0 fully saturated rings. The van der Waals surface area contributed by atoms with E-state index in [4.69, 9.17) is 23.2 Å². The average molecular weight is 264 g/mol. The maximum absolute atomic E-state index is 12.1. The van der Waals surface area contributed by atoms with Crippen molar-refractivity contribution in [2.45, 2.75) is 0 Å². The SMILES string of the molecule is [CH2]c1cccc(C(=O)c2ccc(Cl)c(Cl)c2)c1. The molecular weight excluding hydrogens is 255 g/mol. The highest BCUT2D eigenvalue weighted by Crippen LogP contribution is 2.24. The maximum Gasteiger partial charge on any atom is 0.193 e. The number of ketones is 1. The molecule has 1 nitrogen and oxygen atoms in total. The van der Waals surface area contributed by atoms with Gasteiger partial charge in [0.1, 0.15) is 0 Å². The minimum atomic E-state index is -0.0888. The topological polar surface area (TPSA) is 17.1 Å². The van der Waals surface area contributed by atoms with E-state index in [2.05, 4.69) is 6.92 Å². The van der Waals surface area contributed by atoms with Crippen LogP contribution in [0.25, 0.3) is 0 Å². The number of carbonyl (C=O) groups is 1. The summed E-state index contributed by atoms with van der Waals surface area (Å²) in [5, 5.41) is 0.817. The van der Waals surface area contributed by atoms with Gasteiger partial charge in [-0.05, 0) is 36.8 Å². The van der Waals surface area contributed by atoms with Crippen molar-refractivity contribution < 1.29 is 4.79 Å². The lowest BCUT2D eigenvalue weighted by molar-refractivity contribution is 0.103. The molecule has 0 saturated carbocycles. The first-order chi connectivity index (χ1) is 8.08. The third-order valence-electron chi connectivity index (χ3n) is 2.37. The Hall–Kier alpha value is -1.31. The van der Waals surface area contributed by atoms with Gasteiger partial charge in [-0.2, -0.15) is 0 Å². The highest BCUT2D eigenvalue weighted by molar-refractivity contribution is 6.42. The molecule has 0 atom stereocenters. The minimum absolute atomic E-state index is 0.0888. The van der Waals surface area contributed by atoms with Crippen LogP contribution in [0.1, 0.15) is 21.5 Å². The van der Waals surface area contributed by atoms with E-state index in [-0.39, 0.29) is 5.78 Å². The van der Waals surface area contributed by atoms with Crippen molar-refractivity contribution in [2.75, 3.05) is 0 Å². The Kier molecular flexibility index (Phi) is 3.51. The summed E-state index contributed by atoms with van der Waals surface area (Å²) in [5.74, 6) is -0.0888. The van der Waals surface area contributed by atoms with E-state index in [1.807, 2.05) is 6.07 Å². The fourth-order valence-electron chi connectivity index (χ4n) is 1.52. The van der Waals surface area contributed by atoms with Crippen LogP contribution in [0.4, 0.5) is 0 Å². The summed E-state index contributed by atoms with van der Waals surface area (Å²) in [6.45, 7) is 3.79. The summed E-state index contributed by atoms with van der Waals surface area (Å²) in [4.78, 5) is 12.1. The predicted molar refractivity (Wildman–Crippen MR) is 70.8 cm³/mol. The highest BCUT2D eigenvalue weighted by Gasteiger charge is 2.10. The third-order valence-corrected chi connectivity index (χ3v) is 3.11. The van der Waals surface area contributed by atoms with Gasteiger partial charge in [0.25, 0.3) is 0 Å². The first-order valence-electron chi connectivity index (χ1n) is 5.00. The first kappa shape index (κ1) is 12.2. The summed E-state index contributed by atoms with van der Waals surface area (Å²) in [6, 6.07) is 12.0. The van der Waals surface area contributed by atoms with Gasteiger partial charge in [0, 0.05) is 11.1 Å². The second-order valence-corrected chi connectivity index (χ2v) is 4.47. The molecule has 0 heterocycles. The summed E-state index contributed by atoms with van der Waals surface area (Å²) < 4.78 is 0. The van der Waals surface area contributed by atoms with Crippen molar-refractivity contribution in [1.82, 2.24) is 0 Å². The molecule has 0 amide bonds. The molecule has 2 rings (SSSR count). The monoisotopic (exact) mass is 263 g/mol. The molecule has 0 aliphatic carbocycles. The molecule has 0 unspecified atom stereocenters. The number of hydrogen-bond acceptors (Lipinski definition) is 1. The van der Waals surface area contributed by atoms with Crippen LogP contribution < -0.4 is 0 Å². The van der Waals surface area contributed by atoms with Gasteiger partial charge in [-0.1, -0.05) is 41.4 Å². The Morgan fingerprint density at radius 2 is 1.65 bits per heavy atom. The Morgan fingerprint density at radius 1 is 0.941 bits per heavy atom. The molecule has 0 aliphatic rings. The van der Waals surface area contributed by atoms with E-state index in [1.165, 1.54) is 0 Å².